The van der Waals surface area contributed by atoms with E-state index in [0.29, 0.717) is 28.0 Å². The number of likely N-dealkylation sites (N-methyl/N-ethyl adjacent to an activating group) is 1. The topological polar surface area (TPSA) is 101 Å². The van der Waals surface area contributed by atoms with Crippen LogP contribution in [0.2, 0.25) is 0 Å². The van der Waals surface area contributed by atoms with Gasteiger partial charge >= 0.3 is 262 Å². The van der Waals surface area contributed by atoms with Crippen molar-refractivity contribution in [2.24, 2.45) is 5.41 Å². The summed E-state index contributed by atoms with van der Waals surface area (Å²) in [6.45, 7) is 1.51. The molecule has 3 aliphatic heterocycles. The van der Waals surface area contributed by atoms with Crippen molar-refractivity contribution >= 4 is 32.7 Å². The van der Waals surface area contributed by atoms with Crippen molar-refractivity contribution in [2.45, 2.75) is 79.8 Å². The number of halogens is 1. The zero-order chi connectivity index (χ0) is 31.2. The summed E-state index contributed by atoms with van der Waals surface area (Å²) in [6, 6.07) is 12.2. The van der Waals surface area contributed by atoms with E-state index in [1.165, 1.54) is 30.4 Å². The predicted octanol–water partition coefficient (Wildman–Crippen LogP) is 1.81. The second-order valence-corrected chi connectivity index (χ2v) is 19.1. The summed E-state index contributed by atoms with van der Waals surface area (Å²) in [4.78, 5) is 30.3. The standard InChI is InChI=1S/C34H40IN4O5S/c1-37-18-22-10-14-29(35-37)39(22)33(41)34-17-27(34)26-16-23(44-2)11-13-24(26)31-30(20-7-5-4-6-8-20)25-12-9-21(15-28(25)38(31)19-34)32(40)36-45(3,42)43/h9,11-13,15-16,20,22,27,29H,4-8,10,14,17-19H2,1-3H3,(H,36,40)/q-1. The number of carbonyl (C=O) groups is 2. The van der Waals surface area contributed by atoms with Gasteiger partial charge in [-0.3, -0.25) is 0 Å². The van der Waals surface area contributed by atoms with Gasteiger partial charge < -0.3 is 0 Å². The van der Waals surface area contributed by atoms with E-state index in [0.717, 1.165) is 72.8 Å². The van der Waals surface area contributed by atoms with Crippen molar-refractivity contribution in [2.75, 3.05) is 27.0 Å². The molecule has 8 rings (SSSR count). The van der Waals surface area contributed by atoms with E-state index in [1.807, 2.05) is 18.2 Å². The number of amides is 2. The first-order chi connectivity index (χ1) is 21.6. The Labute approximate surface area is 275 Å². The van der Waals surface area contributed by atoms with Crippen molar-refractivity contribution in [1.82, 2.24) is 17.3 Å². The number of hydrogen-bond donors (Lipinski definition) is 1. The van der Waals surface area contributed by atoms with Crippen LogP contribution in [0.5, 0.6) is 5.75 Å². The summed E-state index contributed by atoms with van der Waals surface area (Å²) in [5.41, 5.74) is 5.45. The molecule has 0 spiro atoms. The average molecular weight is 744 g/mol. The van der Waals surface area contributed by atoms with Crippen molar-refractivity contribution in [1.29, 1.82) is 0 Å². The second kappa shape index (κ2) is 10.7. The van der Waals surface area contributed by atoms with E-state index in [2.05, 4.69) is 36.5 Å². The van der Waals surface area contributed by atoms with Crippen LogP contribution in [0, 0.1) is 5.41 Å². The second-order valence-electron chi connectivity index (χ2n) is 13.7. The van der Waals surface area contributed by atoms with Crippen LogP contribution in [-0.4, -0.2) is 69.9 Å². The Morgan fingerprint density at radius 3 is 2.58 bits per heavy atom. The van der Waals surface area contributed by atoms with Gasteiger partial charge in [0.15, 0.2) is 0 Å². The molecule has 0 radical (unpaired) electrons. The number of carbonyl (C=O) groups excluding carboxylic acids is 2. The molecule has 4 unspecified atom stereocenters. The van der Waals surface area contributed by atoms with E-state index in [9.17, 15) is 18.0 Å². The number of methoxy groups -OCH3 is 1. The number of ether oxygens (including phenoxy) is 1. The van der Waals surface area contributed by atoms with Crippen molar-refractivity contribution in [3.05, 3.63) is 53.1 Å². The minimum absolute atomic E-state index is 0.0956. The van der Waals surface area contributed by atoms with Crippen LogP contribution in [0.4, 0.5) is 0 Å². The molecule has 4 atom stereocenters. The molecule has 4 heterocycles. The van der Waals surface area contributed by atoms with Gasteiger partial charge in [-0.1, -0.05) is 0 Å². The Hall–Kier alpha value is -2.64. The maximum atomic E-state index is 14.9. The fraction of sp³-hybridized carbons (Fsp3) is 0.529. The van der Waals surface area contributed by atoms with E-state index in [4.69, 9.17) is 4.74 Å². The number of nitrogens with zero attached hydrogens (tertiary/aromatic N) is 3. The van der Waals surface area contributed by atoms with E-state index in [-0.39, 0.29) is 33.4 Å². The van der Waals surface area contributed by atoms with Crippen LogP contribution in [0.1, 0.15) is 84.7 Å². The number of sulfonamides is 1. The molecule has 5 aliphatic rings. The first-order valence-electron chi connectivity index (χ1n) is 16.1. The minimum atomic E-state index is -3.72. The van der Waals surface area contributed by atoms with Gasteiger partial charge in [-0.25, -0.2) is 8.42 Å². The number of benzene rings is 2. The predicted molar refractivity (Wildman–Crippen MR) is 168 cm³/mol. The quantitative estimate of drug-likeness (QED) is 0.185. The van der Waals surface area contributed by atoms with Gasteiger partial charge in [0.2, 0.25) is 0 Å². The third kappa shape index (κ3) is 4.81. The van der Waals surface area contributed by atoms with Gasteiger partial charge in [-0.05, 0) is 0 Å². The van der Waals surface area contributed by atoms with Crippen molar-refractivity contribution in [3.63, 3.8) is 0 Å². The molecular weight excluding hydrogens is 703 g/mol. The summed E-state index contributed by atoms with van der Waals surface area (Å²) in [7, 11) is 0.181. The first-order valence-corrected chi connectivity index (χ1v) is 20.2. The Kier molecular flexibility index (Phi) is 7.07. The monoisotopic (exact) mass is 743 g/mol. The zero-order valence-corrected chi connectivity index (χ0v) is 29.0. The van der Waals surface area contributed by atoms with Crippen molar-refractivity contribution < 1.29 is 44.2 Å². The first kappa shape index (κ1) is 29.7. The fourth-order valence-electron chi connectivity index (χ4n) is 8.83. The van der Waals surface area contributed by atoms with Gasteiger partial charge in [-0.2, -0.15) is 0 Å². The molecule has 3 aromatic rings. The molecular formula is C34H40IN4O5S-. The van der Waals surface area contributed by atoms with E-state index in [1.54, 1.807) is 13.2 Å². The molecule has 45 heavy (non-hydrogen) atoms. The Morgan fingerprint density at radius 2 is 1.84 bits per heavy atom. The number of hydrogen-bond acceptors (Lipinski definition) is 6. The van der Waals surface area contributed by atoms with Crippen LogP contribution < -0.4 is 30.9 Å². The number of alkyl halides is 1. The van der Waals surface area contributed by atoms with E-state index >= 15 is 0 Å². The molecule has 2 aliphatic carbocycles. The Bertz CT molecular complexity index is 1840. The van der Waals surface area contributed by atoms with Gasteiger partial charge in [0.05, 0.1) is 6.26 Å². The summed E-state index contributed by atoms with van der Waals surface area (Å²) in [6.07, 6.45) is 9.78. The SMILES string of the molecule is COc1ccc2c(c1)C1CC1(C(=O)N1C3CCC1[I-]N(C)C3)Cn1c-2c(C2CCCCC2)c2ccc(C(=O)NS(C)(=O)=O)cc21. The molecule has 11 heteroatoms. The van der Waals surface area contributed by atoms with Crippen LogP contribution in [-0.2, 0) is 21.4 Å². The van der Waals surface area contributed by atoms with Crippen molar-refractivity contribution in [3.8, 4) is 17.0 Å². The number of fused-ring (bicyclic) bond motifs is 9. The third-order valence-corrected chi connectivity index (χ3v) is 14.7. The summed E-state index contributed by atoms with van der Waals surface area (Å²) in [5, 5.41) is 1.10. The molecule has 2 aromatic carbocycles. The van der Waals surface area contributed by atoms with Crippen LogP contribution in [0.3, 0.4) is 0 Å². The number of aromatic nitrogens is 1. The van der Waals surface area contributed by atoms with Crippen LogP contribution in [0.15, 0.2) is 36.4 Å². The molecule has 1 aromatic heterocycles. The molecule has 2 saturated carbocycles. The molecule has 2 bridgehead atoms. The Morgan fingerprint density at radius 1 is 1.04 bits per heavy atom. The van der Waals surface area contributed by atoms with E-state index < -0.39 is 21.3 Å². The Balaban J connectivity index is 1.34. The molecule has 2 saturated heterocycles. The van der Waals surface area contributed by atoms with Gasteiger partial charge in [0.25, 0.3) is 0 Å². The summed E-state index contributed by atoms with van der Waals surface area (Å²) < 4.78 is 37.0. The van der Waals surface area contributed by atoms with Gasteiger partial charge in [0, 0.05) is 0 Å². The zero-order valence-electron chi connectivity index (χ0n) is 26.0. The molecule has 4 fully saturated rings. The van der Waals surface area contributed by atoms with Gasteiger partial charge in [0.1, 0.15) is 0 Å². The normalized spacial score (nSPS) is 28.0. The molecule has 9 nitrogen and oxygen atoms in total. The average Bonchev–Trinajstić information content (AvgIpc) is 3.60. The molecule has 1 N–H and O–H groups in total. The fourth-order valence-corrected chi connectivity index (χ4v) is 12.7. The molecule has 240 valence electrons. The summed E-state index contributed by atoms with van der Waals surface area (Å²) in [5.74, 6) is 0.930. The third-order valence-electron chi connectivity index (χ3n) is 10.9. The summed E-state index contributed by atoms with van der Waals surface area (Å²) >= 11 is -0.234. The number of nitrogens with one attached hydrogen (secondary N) is 1. The van der Waals surface area contributed by atoms with Crippen LogP contribution >= 0.6 is 0 Å². The van der Waals surface area contributed by atoms with Crippen LogP contribution in [0.25, 0.3) is 22.2 Å². The number of rotatable bonds is 5. The molecule has 2 amide bonds. The maximum absolute atomic E-state index is 14.9. The van der Waals surface area contributed by atoms with Gasteiger partial charge in [-0.15, -0.1) is 0 Å².